The number of nitrogens with zero attached hydrogens (tertiary/aromatic N) is 1. The Balaban J connectivity index is 1.71. The zero-order valence-electron chi connectivity index (χ0n) is 14.7. The lowest BCUT2D eigenvalue weighted by Crippen LogP contribution is -2.49. The van der Waals surface area contributed by atoms with E-state index >= 15 is 0 Å². The van der Waals surface area contributed by atoms with Crippen molar-refractivity contribution in [2.75, 3.05) is 18.4 Å². The molecule has 4 N–H and O–H groups in total. The summed E-state index contributed by atoms with van der Waals surface area (Å²) in [5, 5.41) is 12.3. The molecule has 0 atom stereocenters. The molecule has 27 heavy (non-hydrogen) atoms. The van der Waals surface area contributed by atoms with Crippen LogP contribution in [0.15, 0.2) is 54.6 Å². The van der Waals surface area contributed by atoms with Crippen LogP contribution in [0.25, 0.3) is 0 Å². The number of likely N-dealkylation sites (tertiary alicyclic amines) is 1. The van der Waals surface area contributed by atoms with Gasteiger partial charge in [-0.15, -0.1) is 0 Å². The minimum absolute atomic E-state index is 0.160. The lowest BCUT2D eigenvalue weighted by molar-refractivity contribution is -0.145. The molecule has 0 spiro atoms. The molecule has 0 radical (unpaired) electrons. The second kappa shape index (κ2) is 7.49. The van der Waals surface area contributed by atoms with Crippen molar-refractivity contribution in [1.82, 2.24) is 4.90 Å². The van der Waals surface area contributed by atoms with Crippen LogP contribution in [0, 0.1) is 0 Å². The van der Waals surface area contributed by atoms with E-state index in [1.807, 2.05) is 30.3 Å². The maximum absolute atomic E-state index is 12.7. The standard InChI is InChI=1S/C20H21N3O4/c21-19(27)22-16-8-6-14(7-9-16)17(24)23-12-10-20(11-13-23,18(25)26)15-4-2-1-3-5-15/h1-9H,10-13H2,(H,25,26)(H3,21,22,27). The number of urea groups is 1. The molecule has 0 saturated carbocycles. The number of primary amides is 1. The van der Waals surface area contributed by atoms with Gasteiger partial charge in [0.05, 0.1) is 5.41 Å². The number of piperidine rings is 1. The van der Waals surface area contributed by atoms with Crippen LogP contribution in [0.4, 0.5) is 10.5 Å². The summed E-state index contributed by atoms with van der Waals surface area (Å²) < 4.78 is 0. The Bertz CT molecular complexity index is 841. The smallest absolute Gasteiger partial charge is 0.316 e. The number of nitrogens with one attached hydrogen (secondary N) is 1. The van der Waals surface area contributed by atoms with Gasteiger partial charge in [0, 0.05) is 24.3 Å². The lowest BCUT2D eigenvalue weighted by Gasteiger charge is -2.39. The SMILES string of the molecule is NC(=O)Nc1ccc(C(=O)N2CCC(C(=O)O)(c3ccccc3)CC2)cc1. The highest BCUT2D eigenvalue weighted by atomic mass is 16.4. The van der Waals surface area contributed by atoms with Gasteiger partial charge in [-0.1, -0.05) is 30.3 Å². The average molecular weight is 367 g/mol. The highest BCUT2D eigenvalue weighted by Gasteiger charge is 2.43. The molecule has 0 aliphatic carbocycles. The fourth-order valence-corrected chi connectivity index (χ4v) is 3.50. The van der Waals surface area contributed by atoms with Crippen molar-refractivity contribution in [3.8, 4) is 0 Å². The molecule has 1 aliphatic heterocycles. The monoisotopic (exact) mass is 367 g/mol. The van der Waals surface area contributed by atoms with Crippen molar-refractivity contribution in [2.24, 2.45) is 5.73 Å². The molecule has 3 amide bonds. The third kappa shape index (κ3) is 3.76. The van der Waals surface area contributed by atoms with Crippen LogP contribution >= 0.6 is 0 Å². The van der Waals surface area contributed by atoms with Crippen LogP contribution in [0.1, 0.15) is 28.8 Å². The molecule has 0 bridgehead atoms. The predicted octanol–water partition coefficient (Wildman–Crippen LogP) is 2.44. The first-order valence-corrected chi connectivity index (χ1v) is 8.67. The minimum atomic E-state index is -0.965. The Morgan fingerprint density at radius 3 is 2.07 bits per heavy atom. The number of amides is 3. The summed E-state index contributed by atoms with van der Waals surface area (Å²) in [7, 11) is 0. The first-order chi connectivity index (χ1) is 12.9. The van der Waals surface area contributed by atoms with Gasteiger partial charge in [-0.3, -0.25) is 9.59 Å². The van der Waals surface area contributed by atoms with Crippen LogP contribution < -0.4 is 11.1 Å². The molecule has 3 rings (SSSR count). The fraction of sp³-hybridized carbons (Fsp3) is 0.250. The molecule has 1 saturated heterocycles. The van der Waals surface area contributed by atoms with E-state index in [1.165, 1.54) is 0 Å². The maximum atomic E-state index is 12.7. The largest absolute Gasteiger partial charge is 0.481 e. The normalized spacial score (nSPS) is 15.8. The molecule has 1 heterocycles. The molecule has 0 aromatic heterocycles. The van der Waals surface area contributed by atoms with Crippen LogP contribution in [-0.4, -0.2) is 41.0 Å². The number of hydrogen-bond acceptors (Lipinski definition) is 3. The number of benzene rings is 2. The third-order valence-electron chi connectivity index (χ3n) is 5.04. The molecule has 2 aromatic carbocycles. The first kappa shape index (κ1) is 18.4. The van der Waals surface area contributed by atoms with Crippen molar-refractivity contribution < 1.29 is 19.5 Å². The number of carbonyl (C=O) groups is 3. The minimum Gasteiger partial charge on any atom is -0.481 e. The second-order valence-electron chi connectivity index (χ2n) is 6.61. The van der Waals surface area contributed by atoms with Crippen molar-refractivity contribution in [1.29, 1.82) is 0 Å². The van der Waals surface area contributed by atoms with E-state index in [1.54, 1.807) is 29.2 Å². The van der Waals surface area contributed by atoms with Gasteiger partial charge in [-0.2, -0.15) is 0 Å². The summed E-state index contributed by atoms with van der Waals surface area (Å²) in [6.07, 6.45) is 0.721. The Labute approximate surface area is 156 Å². The van der Waals surface area contributed by atoms with Crippen molar-refractivity contribution in [3.05, 3.63) is 65.7 Å². The summed E-state index contributed by atoms with van der Waals surface area (Å²) in [5.74, 6) is -1.02. The molecule has 7 heteroatoms. The Morgan fingerprint density at radius 2 is 1.56 bits per heavy atom. The summed E-state index contributed by atoms with van der Waals surface area (Å²) in [6.45, 7) is 0.725. The van der Waals surface area contributed by atoms with Crippen LogP contribution in [-0.2, 0) is 10.2 Å². The number of anilines is 1. The van der Waals surface area contributed by atoms with E-state index in [9.17, 15) is 19.5 Å². The van der Waals surface area contributed by atoms with E-state index in [0.29, 0.717) is 37.2 Å². The maximum Gasteiger partial charge on any atom is 0.316 e. The molecule has 7 nitrogen and oxygen atoms in total. The van der Waals surface area contributed by atoms with Crippen molar-refractivity contribution in [2.45, 2.75) is 18.3 Å². The number of carboxylic acid groups (broad SMARTS) is 1. The number of aliphatic carboxylic acids is 1. The van der Waals surface area contributed by atoms with Crippen LogP contribution in [0.5, 0.6) is 0 Å². The number of nitrogens with two attached hydrogens (primary N) is 1. The van der Waals surface area contributed by atoms with E-state index in [0.717, 1.165) is 5.56 Å². The van der Waals surface area contributed by atoms with Gasteiger partial charge >= 0.3 is 12.0 Å². The number of hydrogen-bond donors (Lipinski definition) is 3. The van der Waals surface area contributed by atoms with Gasteiger partial charge in [0.15, 0.2) is 0 Å². The predicted molar refractivity (Wildman–Crippen MR) is 101 cm³/mol. The Hall–Kier alpha value is -3.35. The number of carboxylic acids is 1. The van der Waals surface area contributed by atoms with Gasteiger partial charge < -0.3 is 21.1 Å². The van der Waals surface area contributed by atoms with Crippen molar-refractivity contribution >= 4 is 23.6 Å². The Kier molecular flexibility index (Phi) is 5.12. The van der Waals surface area contributed by atoms with Gasteiger partial charge in [-0.25, -0.2) is 4.79 Å². The zero-order valence-corrected chi connectivity index (χ0v) is 14.7. The topological polar surface area (TPSA) is 113 Å². The lowest BCUT2D eigenvalue weighted by atomic mass is 9.73. The van der Waals surface area contributed by atoms with Crippen LogP contribution in [0.2, 0.25) is 0 Å². The summed E-state index contributed by atoms with van der Waals surface area (Å²) in [5.41, 5.74) is 5.85. The van der Waals surface area contributed by atoms with Gasteiger partial charge in [0.2, 0.25) is 0 Å². The first-order valence-electron chi connectivity index (χ1n) is 8.67. The molecule has 1 fully saturated rings. The molecule has 0 unspecified atom stereocenters. The quantitative estimate of drug-likeness (QED) is 0.770. The van der Waals surface area contributed by atoms with E-state index in [4.69, 9.17) is 5.73 Å². The fourth-order valence-electron chi connectivity index (χ4n) is 3.50. The molecule has 1 aliphatic rings. The van der Waals surface area contributed by atoms with Crippen molar-refractivity contribution in [3.63, 3.8) is 0 Å². The molecule has 140 valence electrons. The number of carbonyl (C=O) groups excluding carboxylic acids is 2. The van der Waals surface area contributed by atoms with Gasteiger partial charge in [0.1, 0.15) is 0 Å². The van der Waals surface area contributed by atoms with Gasteiger partial charge in [-0.05, 0) is 42.7 Å². The Morgan fingerprint density at radius 1 is 0.963 bits per heavy atom. The highest BCUT2D eigenvalue weighted by molar-refractivity contribution is 5.95. The van der Waals surface area contributed by atoms with Crippen LogP contribution in [0.3, 0.4) is 0 Å². The van der Waals surface area contributed by atoms with E-state index < -0.39 is 17.4 Å². The average Bonchev–Trinajstić information content (AvgIpc) is 2.68. The zero-order chi connectivity index (χ0) is 19.4. The summed E-state index contributed by atoms with van der Waals surface area (Å²) in [4.78, 5) is 37.2. The summed E-state index contributed by atoms with van der Waals surface area (Å²) in [6, 6.07) is 14.9. The molecular weight excluding hydrogens is 346 g/mol. The molecular formula is C20H21N3O4. The summed E-state index contributed by atoms with van der Waals surface area (Å²) >= 11 is 0. The van der Waals surface area contributed by atoms with Gasteiger partial charge in [0.25, 0.3) is 5.91 Å². The molecule has 2 aromatic rings. The second-order valence-corrected chi connectivity index (χ2v) is 6.61. The highest BCUT2D eigenvalue weighted by Crippen LogP contribution is 2.36. The van der Waals surface area contributed by atoms with E-state index in [-0.39, 0.29) is 5.91 Å². The van der Waals surface area contributed by atoms with E-state index in [2.05, 4.69) is 5.32 Å². The third-order valence-corrected chi connectivity index (χ3v) is 5.04. The number of rotatable bonds is 4.